The van der Waals surface area contributed by atoms with E-state index in [-0.39, 0.29) is 38.1 Å². The first-order valence-electron chi connectivity index (χ1n) is 10.6. The van der Waals surface area contributed by atoms with Crippen LogP contribution in [0.4, 0.5) is 10.2 Å². The van der Waals surface area contributed by atoms with Crippen LogP contribution in [0.1, 0.15) is 27.0 Å². The number of aromatic nitrogens is 1. The number of nitrogens with zero attached hydrogens (tertiary/aromatic N) is 1. The van der Waals surface area contributed by atoms with Crippen LogP contribution < -0.4 is 20.5 Å². The average molecular weight is 482 g/mol. The van der Waals surface area contributed by atoms with Crippen molar-refractivity contribution in [3.05, 3.63) is 82.1 Å². The number of aliphatic hydroxyl groups excluding tert-OH is 1. The molecule has 7 nitrogen and oxygen atoms in total. The van der Waals surface area contributed by atoms with E-state index in [2.05, 4.69) is 10.3 Å². The highest BCUT2D eigenvalue weighted by Crippen LogP contribution is 2.33. The van der Waals surface area contributed by atoms with E-state index < -0.39 is 0 Å². The van der Waals surface area contributed by atoms with E-state index in [1.165, 1.54) is 23.6 Å². The van der Waals surface area contributed by atoms with Gasteiger partial charge in [0.05, 0.1) is 16.9 Å². The Morgan fingerprint density at radius 1 is 1.15 bits per heavy atom. The van der Waals surface area contributed by atoms with Crippen LogP contribution in [0, 0.1) is 12.7 Å². The molecule has 0 saturated heterocycles. The van der Waals surface area contributed by atoms with Crippen molar-refractivity contribution in [2.45, 2.75) is 20.1 Å². The van der Waals surface area contributed by atoms with Crippen molar-refractivity contribution in [2.75, 3.05) is 18.9 Å². The molecule has 0 bridgehead atoms. The van der Waals surface area contributed by atoms with E-state index in [1.54, 1.807) is 24.3 Å². The topological polar surface area (TPSA) is 107 Å². The van der Waals surface area contributed by atoms with E-state index in [0.717, 1.165) is 11.1 Å². The van der Waals surface area contributed by atoms with Gasteiger partial charge in [0, 0.05) is 35.3 Å². The van der Waals surface area contributed by atoms with E-state index in [9.17, 15) is 9.18 Å². The van der Waals surface area contributed by atoms with Crippen molar-refractivity contribution < 1.29 is 23.8 Å². The molecule has 4 rings (SSSR count). The summed E-state index contributed by atoms with van der Waals surface area (Å²) in [5.41, 5.74) is 8.71. The Balaban J connectivity index is 1.50. The highest BCUT2D eigenvalue weighted by molar-refractivity contribution is 7.17. The molecule has 0 aliphatic rings. The third-order valence-corrected chi connectivity index (χ3v) is 6.18. The number of fused-ring (bicyclic) bond motifs is 1. The zero-order valence-corrected chi connectivity index (χ0v) is 19.3. The molecule has 9 heteroatoms. The number of halogens is 1. The molecule has 2 aromatic carbocycles. The first-order valence-corrected chi connectivity index (χ1v) is 11.5. The Labute approximate surface area is 200 Å². The van der Waals surface area contributed by atoms with Gasteiger partial charge < -0.3 is 25.6 Å². The zero-order valence-electron chi connectivity index (χ0n) is 18.5. The van der Waals surface area contributed by atoms with Crippen LogP contribution in [0.3, 0.4) is 0 Å². The lowest BCUT2D eigenvalue weighted by molar-refractivity contribution is 0.0946. The van der Waals surface area contributed by atoms with Gasteiger partial charge in [-0.2, -0.15) is 0 Å². The average Bonchev–Trinajstić information content (AvgIpc) is 3.25. The van der Waals surface area contributed by atoms with Gasteiger partial charge in [0.25, 0.3) is 5.91 Å². The number of thiophene rings is 1. The monoisotopic (exact) mass is 481 g/mol. The second-order valence-electron chi connectivity index (χ2n) is 7.65. The number of nitrogens with two attached hydrogens (primary N) is 1. The van der Waals surface area contributed by atoms with Gasteiger partial charge in [0.1, 0.15) is 36.3 Å². The molecule has 0 aliphatic heterocycles. The third kappa shape index (κ3) is 5.27. The number of anilines is 1. The Bertz CT molecular complexity index is 1330. The van der Waals surface area contributed by atoms with Crippen molar-refractivity contribution in [3.63, 3.8) is 0 Å². The number of nitrogen functional groups attached to an aromatic ring is 1. The second-order valence-corrected chi connectivity index (χ2v) is 8.53. The van der Waals surface area contributed by atoms with E-state index >= 15 is 0 Å². The quantitative estimate of drug-likeness (QED) is 0.331. The SMILES string of the molecule is Cc1cc(OCc2ccccc2F)cc(OCc2csc3c(C(=O)NCCO)cnc(N)c23)c1. The van der Waals surface area contributed by atoms with Gasteiger partial charge in [-0.3, -0.25) is 4.79 Å². The Morgan fingerprint density at radius 3 is 2.56 bits per heavy atom. The molecule has 0 aliphatic carbocycles. The van der Waals surface area contributed by atoms with Crippen molar-refractivity contribution >= 4 is 33.1 Å². The fourth-order valence-electron chi connectivity index (χ4n) is 3.48. The number of aliphatic hydroxyl groups is 1. The second kappa shape index (κ2) is 10.5. The minimum Gasteiger partial charge on any atom is -0.489 e. The number of pyridine rings is 1. The van der Waals surface area contributed by atoms with Gasteiger partial charge in [-0.15, -0.1) is 11.3 Å². The van der Waals surface area contributed by atoms with Crippen LogP contribution in [0.15, 0.2) is 54.0 Å². The molecule has 2 aromatic heterocycles. The van der Waals surface area contributed by atoms with Crippen LogP contribution >= 0.6 is 11.3 Å². The summed E-state index contributed by atoms with van der Waals surface area (Å²) in [5, 5.41) is 14.1. The van der Waals surface area contributed by atoms with Crippen molar-refractivity contribution in [3.8, 4) is 11.5 Å². The number of hydrogen-bond acceptors (Lipinski definition) is 7. The van der Waals surface area contributed by atoms with Crippen molar-refractivity contribution in [2.24, 2.45) is 0 Å². The number of ether oxygens (including phenoxy) is 2. The van der Waals surface area contributed by atoms with Gasteiger partial charge >= 0.3 is 0 Å². The maximum absolute atomic E-state index is 13.9. The largest absolute Gasteiger partial charge is 0.489 e. The normalized spacial score (nSPS) is 10.9. The van der Waals surface area contributed by atoms with Gasteiger partial charge in [0.15, 0.2) is 0 Å². The minimum atomic E-state index is -0.323. The maximum Gasteiger partial charge on any atom is 0.254 e. The number of nitrogens with one attached hydrogen (secondary N) is 1. The lowest BCUT2D eigenvalue weighted by Gasteiger charge is -2.12. The molecular formula is C25H24FN3O4S. The Kier molecular flexibility index (Phi) is 7.24. The van der Waals surface area contributed by atoms with Gasteiger partial charge in [-0.05, 0) is 36.1 Å². The number of aryl methyl sites for hydroxylation is 1. The molecule has 0 atom stereocenters. The number of carbonyl (C=O) groups is 1. The summed E-state index contributed by atoms with van der Waals surface area (Å²) in [6.45, 7) is 2.24. The summed E-state index contributed by atoms with van der Waals surface area (Å²) >= 11 is 1.38. The molecule has 0 fully saturated rings. The van der Waals surface area contributed by atoms with Crippen LogP contribution in [0.5, 0.6) is 11.5 Å². The molecule has 0 spiro atoms. The van der Waals surface area contributed by atoms with Gasteiger partial charge in [0.2, 0.25) is 0 Å². The Morgan fingerprint density at radius 2 is 1.85 bits per heavy atom. The number of rotatable bonds is 9. The summed E-state index contributed by atoms with van der Waals surface area (Å²) in [5.74, 6) is 0.832. The van der Waals surface area contributed by atoms with E-state index in [1.807, 2.05) is 24.4 Å². The van der Waals surface area contributed by atoms with Crippen LogP contribution in [-0.2, 0) is 13.2 Å². The van der Waals surface area contributed by atoms with Crippen molar-refractivity contribution in [1.29, 1.82) is 0 Å². The summed E-state index contributed by atoms with van der Waals surface area (Å²) < 4.78 is 26.4. The Hall–Kier alpha value is -3.69. The predicted octanol–water partition coefficient (Wildman–Crippen LogP) is 4.21. The number of amides is 1. The van der Waals surface area contributed by atoms with Crippen LogP contribution in [-0.4, -0.2) is 29.1 Å². The number of hydrogen-bond donors (Lipinski definition) is 3. The molecule has 0 unspecified atom stereocenters. The third-order valence-electron chi connectivity index (χ3n) is 5.11. The molecule has 2 heterocycles. The number of benzene rings is 2. The molecule has 0 radical (unpaired) electrons. The summed E-state index contributed by atoms with van der Waals surface area (Å²) in [6, 6.07) is 12.0. The highest BCUT2D eigenvalue weighted by Gasteiger charge is 2.17. The molecule has 4 aromatic rings. The summed E-state index contributed by atoms with van der Waals surface area (Å²) in [4.78, 5) is 16.6. The van der Waals surface area contributed by atoms with Gasteiger partial charge in [-0.25, -0.2) is 9.37 Å². The lowest BCUT2D eigenvalue weighted by atomic mass is 10.1. The fourth-order valence-corrected chi connectivity index (χ4v) is 4.55. The van der Waals surface area contributed by atoms with E-state index in [0.29, 0.717) is 38.5 Å². The first-order chi connectivity index (χ1) is 16.5. The molecule has 0 saturated carbocycles. The molecule has 4 N–H and O–H groups in total. The van der Waals surface area contributed by atoms with Crippen molar-refractivity contribution in [1.82, 2.24) is 10.3 Å². The molecular weight excluding hydrogens is 457 g/mol. The molecule has 1 amide bonds. The zero-order chi connectivity index (χ0) is 24.1. The van der Waals surface area contributed by atoms with Crippen LogP contribution in [0.2, 0.25) is 0 Å². The smallest absolute Gasteiger partial charge is 0.254 e. The van der Waals surface area contributed by atoms with Crippen LogP contribution in [0.25, 0.3) is 10.1 Å². The highest BCUT2D eigenvalue weighted by atomic mass is 32.1. The molecule has 176 valence electrons. The predicted molar refractivity (Wildman–Crippen MR) is 130 cm³/mol. The first kappa shape index (κ1) is 23.5. The minimum absolute atomic E-state index is 0.105. The fraction of sp³-hybridized carbons (Fsp3) is 0.200. The summed E-state index contributed by atoms with van der Waals surface area (Å²) in [6.07, 6.45) is 1.44. The molecule has 34 heavy (non-hydrogen) atoms. The van der Waals surface area contributed by atoms with Gasteiger partial charge in [-0.1, -0.05) is 18.2 Å². The lowest BCUT2D eigenvalue weighted by Crippen LogP contribution is -2.26. The number of carbonyl (C=O) groups excluding carboxylic acids is 1. The maximum atomic E-state index is 13.9. The standard InChI is InChI=1S/C25H24FN3O4S/c1-15-8-18(32-12-16-4-2-3-5-21(16)26)10-19(9-15)33-13-17-14-34-23-20(25(31)28-6-7-30)11-29-24(27)22(17)23/h2-5,8-11,14,30H,6-7,12-13H2,1H3,(H2,27,29)(H,28,31). The van der Waals surface area contributed by atoms with E-state index in [4.69, 9.17) is 20.3 Å². The summed E-state index contributed by atoms with van der Waals surface area (Å²) in [7, 11) is 0.